The number of halogens is 1. The molecule has 74 valence electrons. The Balaban J connectivity index is 2.55. The van der Waals surface area contributed by atoms with Crippen LogP contribution in [0.15, 0.2) is 12.1 Å². The van der Waals surface area contributed by atoms with Crippen LogP contribution in [0.4, 0.5) is 5.69 Å². The second-order valence-electron chi connectivity index (χ2n) is 3.28. The maximum atomic E-state index is 11.3. The molecule has 3 nitrogen and oxygen atoms in total. The molecule has 0 radical (unpaired) electrons. The summed E-state index contributed by atoms with van der Waals surface area (Å²) in [5.74, 6) is 0.481. The lowest BCUT2D eigenvalue weighted by Gasteiger charge is -2.06. The van der Waals surface area contributed by atoms with Crippen molar-refractivity contribution in [2.75, 3.05) is 12.4 Å². The maximum absolute atomic E-state index is 11.3. The van der Waals surface area contributed by atoms with Gasteiger partial charge in [0.1, 0.15) is 5.75 Å². The van der Waals surface area contributed by atoms with Gasteiger partial charge in [-0.05, 0) is 24.6 Å². The minimum Gasteiger partial charge on any atom is -0.495 e. The fourth-order valence-electron chi connectivity index (χ4n) is 1.57. The van der Waals surface area contributed by atoms with E-state index in [-0.39, 0.29) is 11.8 Å². The number of methoxy groups -OCH3 is 1. The predicted octanol–water partition coefficient (Wildman–Crippen LogP) is 2.40. The molecule has 0 fully saturated rings. The van der Waals surface area contributed by atoms with Crippen molar-refractivity contribution < 1.29 is 9.53 Å². The molecule has 0 bridgehead atoms. The molecule has 0 saturated heterocycles. The number of rotatable bonds is 1. The topological polar surface area (TPSA) is 38.3 Å². The Morgan fingerprint density at radius 2 is 2.21 bits per heavy atom. The zero-order chi connectivity index (χ0) is 10.3. The number of carbonyl (C=O) groups excluding carboxylic acids is 1. The van der Waals surface area contributed by atoms with Crippen molar-refractivity contribution in [3.63, 3.8) is 0 Å². The van der Waals surface area contributed by atoms with Crippen LogP contribution >= 0.6 is 11.6 Å². The van der Waals surface area contributed by atoms with Crippen LogP contribution in [0.3, 0.4) is 0 Å². The van der Waals surface area contributed by atoms with E-state index in [1.807, 2.05) is 6.92 Å². The Morgan fingerprint density at radius 1 is 1.50 bits per heavy atom. The first-order valence-electron chi connectivity index (χ1n) is 4.31. The molecule has 0 spiro atoms. The third-order valence-corrected chi connectivity index (χ3v) is 2.74. The predicted molar refractivity (Wildman–Crippen MR) is 55.0 cm³/mol. The Hall–Kier alpha value is -1.22. The first-order valence-corrected chi connectivity index (χ1v) is 4.69. The van der Waals surface area contributed by atoms with Crippen LogP contribution < -0.4 is 10.1 Å². The van der Waals surface area contributed by atoms with Crippen LogP contribution in [-0.2, 0) is 4.79 Å². The van der Waals surface area contributed by atoms with E-state index in [1.165, 1.54) is 0 Å². The summed E-state index contributed by atoms with van der Waals surface area (Å²) >= 11 is 5.93. The lowest BCUT2D eigenvalue weighted by atomic mass is 10.0. The Bertz CT molecular complexity index is 403. The van der Waals surface area contributed by atoms with E-state index in [0.29, 0.717) is 10.8 Å². The van der Waals surface area contributed by atoms with Crippen LogP contribution in [0.5, 0.6) is 5.75 Å². The van der Waals surface area contributed by atoms with Gasteiger partial charge in [0.25, 0.3) is 0 Å². The van der Waals surface area contributed by atoms with Gasteiger partial charge in [0, 0.05) is 5.69 Å². The fourth-order valence-corrected chi connectivity index (χ4v) is 1.82. The number of hydrogen-bond donors (Lipinski definition) is 1. The molecule has 1 N–H and O–H groups in total. The van der Waals surface area contributed by atoms with Crippen molar-refractivity contribution in [3.8, 4) is 5.75 Å². The molecule has 1 aliphatic rings. The monoisotopic (exact) mass is 211 g/mol. The molecule has 4 heteroatoms. The molecule has 1 heterocycles. The number of amides is 1. The summed E-state index contributed by atoms with van der Waals surface area (Å²) in [5, 5.41) is 3.27. The number of fused-ring (bicyclic) bond motifs is 1. The zero-order valence-corrected chi connectivity index (χ0v) is 8.68. The SMILES string of the molecule is COc1cc2c(cc1Cl)NC(=O)C2C. The number of ether oxygens (including phenoxy) is 1. The maximum Gasteiger partial charge on any atom is 0.231 e. The Kier molecular flexibility index (Phi) is 2.11. The van der Waals surface area contributed by atoms with Crippen LogP contribution in [0, 0.1) is 0 Å². The highest BCUT2D eigenvalue weighted by Gasteiger charge is 2.27. The molecule has 1 atom stereocenters. The van der Waals surface area contributed by atoms with E-state index in [0.717, 1.165) is 11.3 Å². The highest BCUT2D eigenvalue weighted by molar-refractivity contribution is 6.32. The van der Waals surface area contributed by atoms with Crippen molar-refractivity contribution in [2.45, 2.75) is 12.8 Å². The zero-order valence-electron chi connectivity index (χ0n) is 7.93. The van der Waals surface area contributed by atoms with E-state index >= 15 is 0 Å². The summed E-state index contributed by atoms with van der Waals surface area (Å²) in [7, 11) is 1.56. The number of benzene rings is 1. The molecular formula is C10H10ClNO2. The molecule has 14 heavy (non-hydrogen) atoms. The lowest BCUT2D eigenvalue weighted by Crippen LogP contribution is -2.08. The summed E-state index contributed by atoms with van der Waals surface area (Å²) in [6, 6.07) is 3.53. The number of hydrogen-bond acceptors (Lipinski definition) is 2. The van der Waals surface area contributed by atoms with Gasteiger partial charge in [-0.15, -0.1) is 0 Å². The summed E-state index contributed by atoms with van der Waals surface area (Å²) in [5.41, 5.74) is 1.73. The molecule has 1 unspecified atom stereocenters. The third kappa shape index (κ3) is 1.24. The second kappa shape index (κ2) is 3.17. The standard InChI is InChI=1S/C10H10ClNO2/c1-5-6-3-9(14-2)7(11)4-8(6)12-10(5)13/h3-5H,1-2H3,(H,12,13). The molecule has 0 saturated carbocycles. The Labute approximate surface area is 87.0 Å². The van der Waals surface area contributed by atoms with Crippen LogP contribution in [0.2, 0.25) is 5.02 Å². The first-order chi connectivity index (χ1) is 6.63. The van der Waals surface area contributed by atoms with Crippen molar-refractivity contribution in [1.82, 2.24) is 0 Å². The fraction of sp³-hybridized carbons (Fsp3) is 0.300. The average molecular weight is 212 g/mol. The quantitative estimate of drug-likeness (QED) is 0.775. The van der Waals surface area contributed by atoms with E-state index in [2.05, 4.69) is 5.32 Å². The van der Waals surface area contributed by atoms with Crippen molar-refractivity contribution in [1.29, 1.82) is 0 Å². The molecule has 1 aromatic carbocycles. The Morgan fingerprint density at radius 3 is 2.86 bits per heavy atom. The number of carbonyl (C=O) groups is 1. The van der Waals surface area contributed by atoms with Gasteiger partial charge in [0.2, 0.25) is 5.91 Å². The van der Waals surface area contributed by atoms with Gasteiger partial charge < -0.3 is 10.1 Å². The number of anilines is 1. The van der Waals surface area contributed by atoms with Crippen LogP contribution in [-0.4, -0.2) is 13.0 Å². The van der Waals surface area contributed by atoms with Gasteiger partial charge in [-0.2, -0.15) is 0 Å². The van der Waals surface area contributed by atoms with Crippen molar-refractivity contribution in [2.24, 2.45) is 0 Å². The van der Waals surface area contributed by atoms with Gasteiger partial charge in [-0.3, -0.25) is 4.79 Å². The van der Waals surface area contributed by atoms with E-state index < -0.39 is 0 Å². The van der Waals surface area contributed by atoms with Gasteiger partial charge in [-0.25, -0.2) is 0 Å². The molecular weight excluding hydrogens is 202 g/mol. The highest BCUT2D eigenvalue weighted by atomic mass is 35.5. The molecule has 1 aliphatic heterocycles. The summed E-state index contributed by atoms with van der Waals surface area (Å²) in [4.78, 5) is 11.3. The summed E-state index contributed by atoms with van der Waals surface area (Å²) in [6.45, 7) is 1.86. The minimum absolute atomic E-state index is 0.00400. The molecule has 2 rings (SSSR count). The molecule has 0 aromatic heterocycles. The van der Waals surface area contributed by atoms with E-state index in [4.69, 9.17) is 16.3 Å². The summed E-state index contributed by atoms with van der Waals surface area (Å²) in [6.07, 6.45) is 0. The van der Waals surface area contributed by atoms with E-state index in [9.17, 15) is 4.79 Å². The van der Waals surface area contributed by atoms with Crippen LogP contribution in [0.25, 0.3) is 0 Å². The molecule has 1 amide bonds. The average Bonchev–Trinajstić information content (AvgIpc) is 2.41. The third-order valence-electron chi connectivity index (χ3n) is 2.44. The molecule has 0 aliphatic carbocycles. The second-order valence-corrected chi connectivity index (χ2v) is 3.69. The normalized spacial score (nSPS) is 19.1. The van der Waals surface area contributed by atoms with Gasteiger partial charge >= 0.3 is 0 Å². The minimum atomic E-state index is -0.129. The van der Waals surface area contributed by atoms with Gasteiger partial charge in [0.15, 0.2) is 0 Å². The lowest BCUT2D eigenvalue weighted by molar-refractivity contribution is -0.116. The highest BCUT2D eigenvalue weighted by Crippen LogP contribution is 2.38. The number of nitrogens with one attached hydrogen (secondary N) is 1. The van der Waals surface area contributed by atoms with Gasteiger partial charge in [0.05, 0.1) is 18.1 Å². The smallest absolute Gasteiger partial charge is 0.231 e. The van der Waals surface area contributed by atoms with Crippen molar-refractivity contribution in [3.05, 3.63) is 22.7 Å². The first kappa shape index (κ1) is 9.34. The van der Waals surface area contributed by atoms with Crippen molar-refractivity contribution >= 4 is 23.2 Å². The summed E-state index contributed by atoms with van der Waals surface area (Å²) < 4.78 is 5.08. The largest absolute Gasteiger partial charge is 0.495 e. The molecule has 1 aromatic rings. The van der Waals surface area contributed by atoms with E-state index in [1.54, 1.807) is 19.2 Å². The van der Waals surface area contributed by atoms with Gasteiger partial charge in [-0.1, -0.05) is 11.6 Å². The van der Waals surface area contributed by atoms with Crippen LogP contribution in [0.1, 0.15) is 18.4 Å².